The molecule has 0 spiro atoms. The van der Waals surface area contributed by atoms with Crippen LogP contribution in [0.3, 0.4) is 0 Å². The van der Waals surface area contributed by atoms with Crippen molar-refractivity contribution in [1.82, 2.24) is 4.90 Å². The van der Waals surface area contributed by atoms with E-state index in [4.69, 9.17) is 11.6 Å². The molecule has 0 N–H and O–H groups in total. The second-order valence-electron chi connectivity index (χ2n) is 6.30. The van der Waals surface area contributed by atoms with Gasteiger partial charge in [-0.2, -0.15) is 0 Å². The molecule has 25 heavy (non-hydrogen) atoms. The number of nitrogens with zero attached hydrogens (tertiary/aromatic N) is 2. The summed E-state index contributed by atoms with van der Waals surface area (Å²) in [4.78, 5) is 25.1. The van der Waals surface area contributed by atoms with E-state index in [2.05, 4.69) is 0 Å². The minimum Gasteiger partial charge on any atom is -0.338 e. The van der Waals surface area contributed by atoms with Crippen molar-refractivity contribution in [3.63, 3.8) is 0 Å². The molecule has 5 nitrogen and oxygen atoms in total. The highest BCUT2D eigenvalue weighted by atomic mass is 35.5. The van der Waals surface area contributed by atoms with Crippen molar-refractivity contribution in [2.75, 3.05) is 13.1 Å². The fourth-order valence-corrected chi connectivity index (χ4v) is 3.39. The average Bonchev–Trinajstić information content (AvgIpc) is 2.88. The molecule has 1 heterocycles. The zero-order valence-corrected chi connectivity index (χ0v) is 14.5. The van der Waals surface area contributed by atoms with E-state index in [-0.39, 0.29) is 17.5 Å². The van der Waals surface area contributed by atoms with E-state index in [0.29, 0.717) is 23.7 Å². The SMILES string of the molecule is O=C(c1cccc([N+](=O)[O-])c1)N1CCCCC(c2ccc(Cl)cc2)C1. The first kappa shape index (κ1) is 17.4. The highest BCUT2D eigenvalue weighted by molar-refractivity contribution is 6.30. The first-order chi connectivity index (χ1) is 12.0. The lowest BCUT2D eigenvalue weighted by Crippen LogP contribution is -2.34. The van der Waals surface area contributed by atoms with Crippen LogP contribution in [0, 0.1) is 10.1 Å². The van der Waals surface area contributed by atoms with Gasteiger partial charge in [0.25, 0.3) is 11.6 Å². The van der Waals surface area contributed by atoms with Crippen molar-refractivity contribution in [2.45, 2.75) is 25.2 Å². The van der Waals surface area contributed by atoms with Gasteiger partial charge in [0.05, 0.1) is 4.92 Å². The first-order valence-electron chi connectivity index (χ1n) is 8.34. The summed E-state index contributed by atoms with van der Waals surface area (Å²) in [5, 5.41) is 11.6. The Morgan fingerprint density at radius 3 is 2.64 bits per heavy atom. The van der Waals surface area contributed by atoms with E-state index < -0.39 is 4.92 Å². The minimum atomic E-state index is -0.476. The zero-order valence-electron chi connectivity index (χ0n) is 13.7. The van der Waals surface area contributed by atoms with Crippen LogP contribution in [-0.2, 0) is 0 Å². The number of halogens is 1. The normalized spacial score (nSPS) is 17.8. The Balaban J connectivity index is 1.80. The second kappa shape index (κ2) is 7.66. The average molecular weight is 359 g/mol. The van der Waals surface area contributed by atoms with E-state index >= 15 is 0 Å². The lowest BCUT2D eigenvalue weighted by Gasteiger charge is -2.25. The van der Waals surface area contributed by atoms with Crippen LogP contribution in [0.25, 0.3) is 0 Å². The number of nitro groups is 1. The summed E-state index contributed by atoms with van der Waals surface area (Å²) in [6.45, 7) is 1.29. The third-order valence-corrected chi connectivity index (χ3v) is 4.86. The van der Waals surface area contributed by atoms with Crippen molar-refractivity contribution in [2.24, 2.45) is 0 Å². The molecule has 2 aromatic rings. The number of carbonyl (C=O) groups excluding carboxylic acids is 1. The van der Waals surface area contributed by atoms with Crippen LogP contribution in [0.5, 0.6) is 0 Å². The van der Waals surface area contributed by atoms with Crippen LogP contribution >= 0.6 is 11.6 Å². The van der Waals surface area contributed by atoms with Gasteiger partial charge in [-0.1, -0.05) is 36.2 Å². The van der Waals surface area contributed by atoms with Crippen molar-refractivity contribution in [3.8, 4) is 0 Å². The lowest BCUT2D eigenvalue weighted by atomic mass is 9.94. The summed E-state index contributed by atoms with van der Waals surface area (Å²) in [5.41, 5.74) is 1.48. The van der Waals surface area contributed by atoms with Gasteiger partial charge < -0.3 is 4.90 Å². The number of amides is 1. The van der Waals surface area contributed by atoms with Crippen molar-refractivity contribution in [3.05, 3.63) is 74.8 Å². The van der Waals surface area contributed by atoms with E-state index in [1.165, 1.54) is 17.7 Å². The van der Waals surface area contributed by atoms with Crippen LogP contribution in [0.15, 0.2) is 48.5 Å². The van der Waals surface area contributed by atoms with Crippen molar-refractivity contribution >= 4 is 23.2 Å². The number of nitro benzene ring substituents is 1. The Bertz CT molecular complexity index is 776. The maximum Gasteiger partial charge on any atom is 0.270 e. The Morgan fingerprint density at radius 1 is 1.16 bits per heavy atom. The Labute approximate surface area is 151 Å². The maximum atomic E-state index is 12.8. The molecule has 1 amide bonds. The number of benzene rings is 2. The van der Waals surface area contributed by atoms with Gasteiger partial charge in [0.15, 0.2) is 0 Å². The summed E-state index contributed by atoms with van der Waals surface area (Å²) >= 11 is 5.96. The topological polar surface area (TPSA) is 63.4 Å². The smallest absolute Gasteiger partial charge is 0.270 e. The molecule has 1 aliphatic heterocycles. The van der Waals surface area contributed by atoms with Crippen LogP contribution < -0.4 is 0 Å². The Hall–Kier alpha value is -2.40. The van der Waals surface area contributed by atoms with Crippen LogP contribution in [0.4, 0.5) is 5.69 Å². The maximum absolute atomic E-state index is 12.8. The Morgan fingerprint density at radius 2 is 1.92 bits per heavy atom. The molecule has 0 bridgehead atoms. The zero-order chi connectivity index (χ0) is 17.8. The number of likely N-dealkylation sites (tertiary alicyclic amines) is 1. The van der Waals surface area contributed by atoms with E-state index in [1.54, 1.807) is 12.1 Å². The van der Waals surface area contributed by atoms with Crippen molar-refractivity contribution in [1.29, 1.82) is 0 Å². The van der Waals surface area contributed by atoms with Gasteiger partial charge in [0.1, 0.15) is 0 Å². The number of carbonyl (C=O) groups is 1. The lowest BCUT2D eigenvalue weighted by molar-refractivity contribution is -0.384. The standard InChI is InChI=1S/C19H19ClN2O3/c20-17-9-7-14(8-10-17)16-4-1-2-11-21(13-16)19(23)15-5-3-6-18(12-15)22(24)25/h3,5-10,12,16H,1-2,4,11,13H2. The molecule has 1 unspecified atom stereocenters. The van der Waals surface area contributed by atoms with E-state index in [9.17, 15) is 14.9 Å². The third-order valence-electron chi connectivity index (χ3n) is 4.60. The van der Waals surface area contributed by atoms with E-state index in [0.717, 1.165) is 19.3 Å². The fraction of sp³-hybridized carbons (Fsp3) is 0.316. The van der Waals surface area contributed by atoms with Gasteiger partial charge in [0, 0.05) is 41.7 Å². The predicted molar refractivity (Wildman–Crippen MR) is 97.0 cm³/mol. The molecular formula is C19H19ClN2O3. The van der Waals surface area contributed by atoms with Crippen LogP contribution in [0.2, 0.25) is 5.02 Å². The summed E-state index contributed by atoms with van der Waals surface area (Å²) in [6.07, 6.45) is 3.00. The van der Waals surface area contributed by atoms with Crippen molar-refractivity contribution < 1.29 is 9.72 Å². The third kappa shape index (κ3) is 4.17. The molecule has 0 aliphatic carbocycles. The van der Waals surface area contributed by atoms with Crippen LogP contribution in [0.1, 0.15) is 41.1 Å². The fourth-order valence-electron chi connectivity index (χ4n) is 3.27. The number of hydrogen-bond acceptors (Lipinski definition) is 3. The van der Waals surface area contributed by atoms with Gasteiger partial charge in [-0.05, 0) is 36.6 Å². The number of rotatable bonds is 3. The monoisotopic (exact) mass is 358 g/mol. The number of non-ortho nitro benzene ring substituents is 1. The quantitative estimate of drug-likeness (QED) is 0.592. The van der Waals surface area contributed by atoms with Crippen LogP contribution in [-0.4, -0.2) is 28.8 Å². The number of hydrogen-bond donors (Lipinski definition) is 0. The Kier molecular flexibility index (Phi) is 5.34. The molecule has 2 aromatic carbocycles. The molecule has 1 saturated heterocycles. The van der Waals surface area contributed by atoms with Gasteiger partial charge in [-0.3, -0.25) is 14.9 Å². The molecule has 6 heteroatoms. The first-order valence-corrected chi connectivity index (χ1v) is 8.71. The molecular weight excluding hydrogens is 340 g/mol. The summed E-state index contributed by atoms with van der Waals surface area (Å²) in [6, 6.07) is 13.7. The molecule has 1 fully saturated rings. The summed E-state index contributed by atoms with van der Waals surface area (Å²) in [7, 11) is 0. The molecule has 1 aliphatic rings. The second-order valence-corrected chi connectivity index (χ2v) is 6.74. The predicted octanol–water partition coefficient (Wildman–Crippen LogP) is 4.66. The highest BCUT2D eigenvalue weighted by Gasteiger charge is 2.24. The van der Waals surface area contributed by atoms with E-state index in [1.807, 2.05) is 29.2 Å². The molecule has 3 rings (SSSR count). The van der Waals surface area contributed by atoms with Gasteiger partial charge in [0.2, 0.25) is 0 Å². The molecule has 0 radical (unpaired) electrons. The molecule has 0 aromatic heterocycles. The summed E-state index contributed by atoms with van der Waals surface area (Å²) < 4.78 is 0. The summed E-state index contributed by atoms with van der Waals surface area (Å²) in [5.74, 6) is 0.104. The highest BCUT2D eigenvalue weighted by Crippen LogP contribution is 2.28. The molecule has 130 valence electrons. The van der Waals surface area contributed by atoms with Gasteiger partial charge in [-0.25, -0.2) is 0 Å². The van der Waals surface area contributed by atoms with Gasteiger partial charge in [-0.15, -0.1) is 0 Å². The largest absolute Gasteiger partial charge is 0.338 e. The van der Waals surface area contributed by atoms with Gasteiger partial charge >= 0.3 is 0 Å². The molecule has 1 atom stereocenters. The molecule has 0 saturated carbocycles. The minimum absolute atomic E-state index is 0.0603.